The molecule has 0 saturated heterocycles. The van der Waals surface area contributed by atoms with E-state index in [0.717, 1.165) is 28.0 Å². The van der Waals surface area contributed by atoms with E-state index in [0.29, 0.717) is 0 Å². The number of hydrogen-bond acceptors (Lipinski definition) is 3. The van der Waals surface area contributed by atoms with Gasteiger partial charge in [-0.2, -0.15) is 0 Å². The molecule has 1 heterocycles. The molecule has 0 amide bonds. The number of rotatable bonds is 5. The Kier molecular flexibility index (Phi) is 4.95. The van der Waals surface area contributed by atoms with E-state index in [9.17, 15) is 4.39 Å². The molecule has 2 aromatic rings. The van der Waals surface area contributed by atoms with Gasteiger partial charge in [-0.3, -0.25) is 4.98 Å². The van der Waals surface area contributed by atoms with Gasteiger partial charge in [0.05, 0.1) is 29.5 Å². The molecular formula is C15H16BrFN2O. The molecule has 0 radical (unpaired) electrons. The van der Waals surface area contributed by atoms with Crippen LogP contribution < -0.4 is 10.1 Å². The zero-order valence-corrected chi connectivity index (χ0v) is 12.9. The predicted octanol–water partition coefficient (Wildman–Crippen LogP) is 4.56. The first-order valence-corrected chi connectivity index (χ1v) is 7.15. The molecule has 0 aliphatic carbocycles. The van der Waals surface area contributed by atoms with Crippen LogP contribution in [-0.2, 0) is 0 Å². The molecule has 5 heteroatoms. The zero-order chi connectivity index (χ0) is 14.5. The van der Waals surface area contributed by atoms with Gasteiger partial charge in [0.15, 0.2) is 0 Å². The smallest absolute Gasteiger partial charge is 0.141 e. The van der Waals surface area contributed by atoms with Crippen molar-refractivity contribution >= 4 is 21.6 Å². The first-order valence-electron chi connectivity index (χ1n) is 6.35. The summed E-state index contributed by atoms with van der Waals surface area (Å²) in [5.74, 6) is 0.436. The Bertz CT molecular complexity index is 575. The van der Waals surface area contributed by atoms with Crippen LogP contribution in [0.5, 0.6) is 5.75 Å². The van der Waals surface area contributed by atoms with Crippen molar-refractivity contribution in [3.8, 4) is 5.75 Å². The number of nitrogens with one attached hydrogen (secondary N) is 1. The first kappa shape index (κ1) is 14.8. The topological polar surface area (TPSA) is 34.1 Å². The molecule has 3 nitrogen and oxygen atoms in total. The van der Waals surface area contributed by atoms with Gasteiger partial charge < -0.3 is 10.1 Å². The molecule has 0 saturated carbocycles. The maximum absolute atomic E-state index is 12.9. The van der Waals surface area contributed by atoms with Gasteiger partial charge in [-0.1, -0.05) is 6.92 Å². The predicted molar refractivity (Wildman–Crippen MR) is 81.5 cm³/mol. The number of halogens is 2. The minimum absolute atomic E-state index is 0.0291. The van der Waals surface area contributed by atoms with Gasteiger partial charge in [-0.05, 0) is 46.6 Å². The average molecular weight is 339 g/mol. The molecule has 0 aliphatic rings. The van der Waals surface area contributed by atoms with E-state index < -0.39 is 0 Å². The summed E-state index contributed by atoms with van der Waals surface area (Å²) in [5.41, 5.74) is 1.75. The van der Waals surface area contributed by atoms with E-state index in [1.165, 1.54) is 12.3 Å². The van der Waals surface area contributed by atoms with Gasteiger partial charge in [-0.15, -0.1) is 0 Å². The monoisotopic (exact) mass is 338 g/mol. The number of methoxy groups -OCH3 is 1. The van der Waals surface area contributed by atoms with Crippen molar-refractivity contribution in [3.05, 3.63) is 52.5 Å². The molecule has 0 spiro atoms. The van der Waals surface area contributed by atoms with Gasteiger partial charge in [0, 0.05) is 11.8 Å². The molecule has 1 unspecified atom stereocenters. The van der Waals surface area contributed by atoms with Crippen molar-refractivity contribution in [2.24, 2.45) is 0 Å². The summed E-state index contributed by atoms with van der Waals surface area (Å²) in [4.78, 5) is 4.13. The highest BCUT2D eigenvalue weighted by Crippen LogP contribution is 2.30. The number of benzene rings is 1. The van der Waals surface area contributed by atoms with Gasteiger partial charge in [0.25, 0.3) is 0 Å². The summed E-state index contributed by atoms with van der Waals surface area (Å²) in [7, 11) is 1.63. The second kappa shape index (κ2) is 6.70. The van der Waals surface area contributed by atoms with Crippen LogP contribution in [0.15, 0.2) is 41.0 Å². The summed E-state index contributed by atoms with van der Waals surface area (Å²) in [6.07, 6.45) is 2.08. The Labute approximate surface area is 126 Å². The normalized spacial score (nSPS) is 12.0. The van der Waals surface area contributed by atoms with E-state index in [1.807, 2.05) is 18.2 Å². The van der Waals surface area contributed by atoms with Gasteiger partial charge in [0.1, 0.15) is 11.6 Å². The third-order valence-electron chi connectivity index (χ3n) is 3.01. The van der Waals surface area contributed by atoms with Crippen LogP contribution >= 0.6 is 15.9 Å². The number of hydrogen-bond donors (Lipinski definition) is 1. The Morgan fingerprint density at radius 3 is 2.75 bits per heavy atom. The standard InChI is InChI=1S/C15H16BrFN2O/c1-3-13(14-7-4-10(17)9-18-14)19-11-5-6-12(16)15(8-11)20-2/h4-9,13,19H,3H2,1-2H3. The Hall–Kier alpha value is -1.62. The van der Waals surface area contributed by atoms with Crippen LogP contribution in [0.1, 0.15) is 25.1 Å². The van der Waals surface area contributed by atoms with Crippen molar-refractivity contribution < 1.29 is 9.13 Å². The first-order chi connectivity index (χ1) is 9.63. The summed E-state index contributed by atoms with van der Waals surface area (Å²) >= 11 is 3.42. The molecule has 1 aromatic carbocycles. The number of aromatic nitrogens is 1. The van der Waals surface area contributed by atoms with E-state index in [4.69, 9.17) is 4.74 Å². The number of ether oxygens (including phenoxy) is 1. The van der Waals surface area contributed by atoms with Crippen LogP contribution in [0.2, 0.25) is 0 Å². The van der Waals surface area contributed by atoms with Gasteiger partial charge >= 0.3 is 0 Å². The van der Waals surface area contributed by atoms with Crippen LogP contribution in [-0.4, -0.2) is 12.1 Å². The lowest BCUT2D eigenvalue weighted by Gasteiger charge is -2.18. The van der Waals surface area contributed by atoms with Gasteiger partial charge in [-0.25, -0.2) is 4.39 Å². The SMILES string of the molecule is CCC(Nc1ccc(Br)c(OC)c1)c1ccc(F)cn1. The van der Waals surface area contributed by atoms with Crippen LogP contribution in [0, 0.1) is 5.82 Å². The van der Waals surface area contributed by atoms with Crippen LogP contribution in [0.25, 0.3) is 0 Å². The third-order valence-corrected chi connectivity index (χ3v) is 3.66. The fourth-order valence-corrected chi connectivity index (χ4v) is 2.34. The molecule has 1 atom stereocenters. The molecule has 106 valence electrons. The lowest BCUT2D eigenvalue weighted by Crippen LogP contribution is -2.11. The zero-order valence-electron chi connectivity index (χ0n) is 11.4. The minimum atomic E-state index is -0.325. The number of anilines is 1. The summed E-state index contributed by atoms with van der Waals surface area (Å²) in [5, 5.41) is 3.38. The average Bonchev–Trinajstić information content (AvgIpc) is 2.47. The second-order valence-corrected chi connectivity index (χ2v) is 5.21. The molecule has 0 fully saturated rings. The fraction of sp³-hybridized carbons (Fsp3) is 0.267. The molecule has 1 N–H and O–H groups in total. The highest BCUT2D eigenvalue weighted by atomic mass is 79.9. The van der Waals surface area contributed by atoms with Crippen molar-refractivity contribution in [2.45, 2.75) is 19.4 Å². The van der Waals surface area contributed by atoms with E-state index in [2.05, 4.69) is 33.2 Å². The molecule has 0 bridgehead atoms. The Morgan fingerprint density at radius 2 is 2.15 bits per heavy atom. The summed E-state index contributed by atoms with van der Waals surface area (Å²) in [6, 6.07) is 8.95. The Morgan fingerprint density at radius 1 is 1.35 bits per heavy atom. The van der Waals surface area contributed by atoms with Crippen LogP contribution in [0.3, 0.4) is 0 Å². The summed E-state index contributed by atoms with van der Waals surface area (Å²) in [6.45, 7) is 2.05. The fourth-order valence-electron chi connectivity index (χ4n) is 1.93. The van der Waals surface area contributed by atoms with E-state index in [-0.39, 0.29) is 11.9 Å². The van der Waals surface area contributed by atoms with E-state index in [1.54, 1.807) is 13.2 Å². The quantitative estimate of drug-likeness (QED) is 0.867. The largest absolute Gasteiger partial charge is 0.495 e. The maximum atomic E-state index is 12.9. The lowest BCUT2D eigenvalue weighted by atomic mass is 10.1. The van der Waals surface area contributed by atoms with Crippen molar-refractivity contribution in [2.75, 3.05) is 12.4 Å². The van der Waals surface area contributed by atoms with Crippen molar-refractivity contribution in [1.82, 2.24) is 4.98 Å². The van der Waals surface area contributed by atoms with E-state index >= 15 is 0 Å². The lowest BCUT2D eigenvalue weighted by molar-refractivity contribution is 0.412. The molecule has 20 heavy (non-hydrogen) atoms. The molecule has 2 rings (SSSR count). The molecule has 0 aliphatic heterocycles. The minimum Gasteiger partial charge on any atom is -0.495 e. The number of pyridine rings is 1. The van der Waals surface area contributed by atoms with Crippen LogP contribution in [0.4, 0.5) is 10.1 Å². The maximum Gasteiger partial charge on any atom is 0.141 e. The third kappa shape index (κ3) is 3.48. The van der Waals surface area contributed by atoms with Crippen molar-refractivity contribution in [1.29, 1.82) is 0 Å². The highest BCUT2D eigenvalue weighted by Gasteiger charge is 2.11. The van der Waals surface area contributed by atoms with Gasteiger partial charge in [0.2, 0.25) is 0 Å². The second-order valence-electron chi connectivity index (χ2n) is 4.36. The summed E-state index contributed by atoms with van der Waals surface area (Å²) < 4.78 is 19.1. The molecule has 1 aromatic heterocycles. The van der Waals surface area contributed by atoms with Crippen molar-refractivity contribution in [3.63, 3.8) is 0 Å². The molecular weight excluding hydrogens is 323 g/mol. The Balaban J connectivity index is 2.19. The number of nitrogens with zero attached hydrogens (tertiary/aromatic N) is 1. The highest BCUT2D eigenvalue weighted by molar-refractivity contribution is 9.10.